The third kappa shape index (κ3) is 6.77. The number of rotatable bonds is 10. The van der Waals surface area contributed by atoms with Gasteiger partial charge in [0.25, 0.3) is 0 Å². The molecule has 6 heteroatoms. The minimum Gasteiger partial charge on any atom is -0.497 e. The normalized spacial score (nSPS) is 12.7. The van der Waals surface area contributed by atoms with Crippen molar-refractivity contribution in [1.29, 1.82) is 0 Å². The van der Waals surface area contributed by atoms with Crippen LogP contribution in [0.5, 0.6) is 5.75 Å². The van der Waals surface area contributed by atoms with Gasteiger partial charge in [0.1, 0.15) is 11.8 Å². The van der Waals surface area contributed by atoms with Gasteiger partial charge in [-0.15, -0.1) is 0 Å². The van der Waals surface area contributed by atoms with E-state index in [1.165, 1.54) is 0 Å². The maximum absolute atomic E-state index is 13.3. The van der Waals surface area contributed by atoms with E-state index in [0.29, 0.717) is 18.0 Å². The van der Waals surface area contributed by atoms with Crippen molar-refractivity contribution in [3.63, 3.8) is 0 Å². The number of halogens is 1. The highest BCUT2D eigenvalue weighted by Crippen LogP contribution is 2.18. The Morgan fingerprint density at radius 3 is 2.13 bits per heavy atom. The molecule has 0 saturated carbocycles. The first kappa shape index (κ1) is 23.7. The number of amides is 2. The number of carbonyl (C=O) groups excluding carboxylic acids is 2. The van der Waals surface area contributed by atoms with Crippen molar-refractivity contribution >= 4 is 23.4 Å². The lowest BCUT2D eigenvalue weighted by Gasteiger charge is -2.31. The average Bonchev–Trinajstić information content (AvgIpc) is 2.75. The fourth-order valence-electron chi connectivity index (χ4n) is 3.17. The van der Waals surface area contributed by atoms with Crippen molar-refractivity contribution in [2.45, 2.75) is 58.7 Å². The molecule has 30 heavy (non-hydrogen) atoms. The highest BCUT2D eigenvalue weighted by molar-refractivity contribution is 6.30. The van der Waals surface area contributed by atoms with Crippen molar-refractivity contribution < 1.29 is 14.3 Å². The predicted molar refractivity (Wildman–Crippen MR) is 121 cm³/mol. The summed E-state index contributed by atoms with van der Waals surface area (Å²) in [5.74, 6) is 0.522. The fourth-order valence-corrected chi connectivity index (χ4v) is 3.29. The lowest BCUT2D eigenvalue weighted by molar-refractivity contribution is -0.141. The van der Waals surface area contributed by atoms with Crippen LogP contribution < -0.4 is 10.1 Å². The molecule has 0 aliphatic rings. The molecule has 1 N–H and O–H groups in total. The lowest BCUT2D eigenvalue weighted by atomic mass is 10.1. The molecular formula is C24H31ClN2O3. The number of benzene rings is 2. The highest BCUT2D eigenvalue weighted by Gasteiger charge is 2.29. The Kier molecular flexibility index (Phi) is 9.18. The standard InChI is InChI=1S/C24H31ClN2O3/c1-5-17(3)26-24(29)22(6-2)27(16-19-7-11-20(25)12-8-19)23(28)15-18-9-13-21(30-4)14-10-18/h7-14,17,22H,5-6,15-16H2,1-4H3,(H,26,29)/t17-,22+/m0/s1. The van der Waals surface area contributed by atoms with Crippen LogP contribution in [0.3, 0.4) is 0 Å². The van der Waals surface area contributed by atoms with E-state index in [1.807, 2.05) is 57.2 Å². The molecule has 0 heterocycles. The lowest BCUT2D eigenvalue weighted by Crippen LogP contribution is -2.51. The van der Waals surface area contributed by atoms with Crippen molar-refractivity contribution in [3.8, 4) is 5.75 Å². The van der Waals surface area contributed by atoms with Gasteiger partial charge in [0.05, 0.1) is 13.5 Å². The maximum atomic E-state index is 13.3. The number of methoxy groups -OCH3 is 1. The molecule has 2 amide bonds. The van der Waals surface area contributed by atoms with Gasteiger partial charge < -0.3 is 15.0 Å². The van der Waals surface area contributed by atoms with Crippen LogP contribution >= 0.6 is 11.6 Å². The van der Waals surface area contributed by atoms with Crippen molar-refractivity contribution in [2.75, 3.05) is 7.11 Å². The molecule has 5 nitrogen and oxygen atoms in total. The Bertz CT molecular complexity index is 821. The molecular weight excluding hydrogens is 400 g/mol. The molecule has 0 radical (unpaired) electrons. The Morgan fingerprint density at radius 2 is 1.60 bits per heavy atom. The van der Waals surface area contributed by atoms with Gasteiger partial charge >= 0.3 is 0 Å². The number of ether oxygens (including phenoxy) is 1. The molecule has 0 aromatic heterocycles. The zero-order chi connectivity index (χ0) is 22.1. The van der Waals surface area contributed by atoms with Gasteiger partial charge in [-0.1, -0.05) is 49.7 Å². The Labute approximate surface area is 184 Å². The van der Waals surface area contributed by atoms with Crippen LogP contribution in [0.1, 0.15) is 44.7 Å². The third-order valence-electron chi connectivity index (χ3n) is 5.17. The van der Waals surface area contributed by atoms with Crippen molar-refractivity contribution in [1.82, 2.24) is 10.2 Å². The molecule has 2 aromatic rings. The van der Waals surface area contributed by atoms with Crippen molar-refractivity contribution in [3.05, 3.63) is 64.7 Å². The van der Waals surface area contributed by atoms with Gasteiger partial charge in [0.15, 0.2) is 0 Å². The van der Waals surface area contributed by atoms with E-state index in [4.69, 9.17) is 16.3 Å². The summed E-state index contributed by atoms with van der Waals surface area (Å²) in [5, 5.41) is 3.65. The van der Waals surface area contributed by atoms with E-state index in [2.05, 4.69) is 5.32 Å². The molecule has 0 aliphatic carbocycles. The van der Waals surface area contributed by atoms with Crippen LogP contribution in [0.4, 0.5) is 0 Å². The van der Waals surface area contributed by atoms with Crippen LogP contribution in [-0.2, 0) is 22.6 Å². The fraction of sp³-hybridized carbons (Fsp3) is 0.417. The number of nitrogens with zero attached hydrogens (tertiary/aromatic N) is 1. The summed E-state index contributed by atoms with van der Waals surface area (Å²) < 4.78 is 5.19. The quantitative estimate of drug-likeness (QED) is 0.598. The summed E-state index contributed by atoms with van der Waals surface area (Å²) in [5.41, 5.74) is 1.80. The van der Waals surface area contributed by atoms with E-state index in [1.54, 1.807) is 24.1 Å². The summed E-state index contributed by atoms with van der Waals surface area (Å²) in [7, 11) is 1.61. The van der Waals surface area contributed by atoms with Crippen LogP contribution in [0, 0.1) is 0 Å². The molecule has 0 bridgehead atoms. The van der Waals surface area contributed by atoms with Gasteiger partial charge in [0, 0.05) is 17.6 Å². The van der Waals surface area contributed by atoms with Gasteiger partial charge in [-0.05, 0) is 55.2 Å². The molecule has 0 unspecified atom stereocenters. The van der Waals surface area contributed by atoms with Gasteiger partial charge in [0.2, 0.25) is 11.8 Å². The Morgan fingerprint density at radius 1 is 1.00 bits per heavy atom. The molecule has 2 aromatic carbocycles. The molecule has 162 valence electrons. The molecule has 2 atom stereocenters. The average molecular weight is 431 g/mol. The summed E-state index contributed by atoms with van der Waals surface area (Å²) in [6.45, 7) is 6.26. The SMILES string of the molecule is CC[C@H](C(=O)N[C@@H](C)CC)N(Cc1ccc(Cl)cc1)C(=O)Cc1ccc(OC)cc1. The number of nitrogens with one attached hydrogen (secondary N) is 1. The van der Waals surface area contributed by atoms with E-state index in [9.17, 15) is 9.59 Å². The summed E-state index contributed by atoms with van der Waals surface area (Å²) >= 11 is 6.00. The van der Waals surface area contributed by atoms with E-state index < -0.39 is 6.04 Å². The summed E-state index contributed by atoms with van der Waals surface area (Å²) in [6.07, 6.45) is 1.58. The Hall–Kier alpha value is -2.53. The van der Waals surface area contributed by atoms with Crippen LogP contribution in [0.15, 0.2) is 48.5 Å². The van der Waals surface area contributed by atoms with Crippen LogP contribution in [0.2, 0.25) is 5.02 Å². The van der Waals surface area contributed by atoms with Gasteiger partial charge in [-0.25, -0.2) is 0 Å². The number of hydrogen-bond acceptors (Lipinski definition) is 3. The van der Waals surface area contributed by atoms with Crippen LogP contribution in [-0.4, -0.2) is 35.9 Å². The molecule has 0 spiro atoms. The topological polar surface area (TPSA) is 58.6 Å². The largest absolute Gasteiger partial charge is 0.497 e. The first-order valence-electron chi connectivity index (χ1n) is 10.3. The zero-order valence-corrected chi connectivity index (χ0v) is 18.9. The second kappa shape index (κ2) is 11.6. The minimum absolute atomic E-state index is 0.0561. The zero-order valence-electron chi connectivity index (χ0n) is 18.2. The highest BCUT2D eigenvalue weighted by atomic mass is 35.5. The van der Waals surface area contributed by atoms with Gasteiger partial charge in [-0.2, -0.15) is 0 Å². The van der Waals surface area contributed by atoms with E-state index in [0.717, 1.165) is 23.3 Å². The monoisotopic (exact) mass is 430 g/mol. The maximum Gasteiger partial charge on any atom is 0.243 e. The second-order valence-electron chi connectivity index (χ2n) is 7.41. The molecule has 0 fully saturated rings. The smallest absolute Gasteiger partial charge is 0.243 e. The second-order valence-corrected chi connectivity index (χ2v) is 7.85. The van der Waals surface area contributed by atoms with Gasteiger partial charge in [-0.3, -0.25) is 9.59 Å². The van der Waals surface area contributed by atoms with E-state index >= 15 is 0 Å². The number of carbonyl (C=O) groups is 2. The van der Waals surface area contributed by atoms with Crippen LogP contribution in [0.25, 0.3) is 0 Å². The predicted octanol–water partition coefficient (Wildman–Crippen LogP) is 4.61. The molecule has 2 rings (SSSR count). The summed E-state index contributed by atoms with van der Waals surface area (Å²) in [6, 6.07) is 14.3. The third-order valence-corrected chi connectivity index (χ3v) is 5.42. The summed E-state index contributed by atoms with van der Waals surface area (Å²) in [4.78, 5) is 27.9. The Balaban J connectivity index is 2.26. The van der Waals surface area contributed by atoms with Crippen molar-refractivity contribution in [2.24, 2.45) is 0 Å². The van der Waals surface area contributed by atoms with E-state index in [-0.39, 0.29) is 24.3 Å². The minimum atomic E-state index is -0.541. The first-order valence-corrected chi connectivity index (χ1v) is 10.7. The number of hydrogen-bond donors (Lipinski definition) is 1. The molecule has 0 saturated heterocycles. The molecule has 0 aliphatic heterocycles. The first-order chi connectivity index (χ1) is 14.4.